The molecule has 7 heteroatoms. The Balaban J connectivity index is 1.40. The standard InChI is InChI=1S/C28H29N3O2S2/c1-28(2,3)20-12-13-22-23(16-29)26(35-24(22)15-20)31-27(34)30-25(32)19-10-7-11-21(14-19)33-17-18-8-5-4-6-9-18/h4-11,14,20H,12-13,15,17H2,1-3H3,(H2,30,31,32,34). The summed E-state index contributed by atoms with van der Waals surface area (Å²) in [5.41, 5.74) is 3.49. The highest BCUT2D eigenvalue weighted by atomic mass is 32.1. The van der Waals surface area contributed by atoms with E-state index in [0.717, 1.165) is 30.4 Å². The van der Waals surface area contributed by atoms with Gasteiger partial charge in [0.2, 0.25) is 0 Å². The molecule has 2 N–H and O–H groups in total. The van der Waals surface area contributed by atoms with E-state index < -0.39 is 0 Å². The number of ether oxygens (including phenoxy) is 1. The van der Waals surface area contributed by atoms with Crippen LogP contribution in [-0.2, 0) is 19.4 Å². The topological polar surface area (TPSA) is 74.2 Å². The predicted molar refractivity (Wildman–Crippen MR) is 145 cm³/mol. The second-order valence-corrected chi connectivity index (χ2v) is 11.3. The van der Waals surface area contributed by atoms with E-state index in [4.69, 9.17) is 17.0 Å². The molecule has 0 spiro atoms. The van der Waals surface area contributed by atoms with Gasteiger partial charge in [0.25, 0.3) is 5.91 Å². The van der Waals surface area contributed by atoms with E-state index >= 15 is 0 Å². The van der Waals surface area contributed by atoms with Crippen molar-refractivity contribution in [2.75, 3.05) is 5.32 Å². The number of nitrogens with zero attached hydrogens (tertiary/aromatic N) is 1. The van der Waals surface area contributed by atoms with E-state index in [0.29, 0.717) is 34.4 Å². The van der Waals surface area contributed by atoms with Crippen LogP contribution in [-0.4, -0.2) is 11.0 Å². The summed E-state index contributed by atoms with van der Waals surface area (Å²) < 4.78 is 5.83. The van der Waals surface area contributed by atoms with Gasteiger partial charge in [0.05, 0.1) is 5.56 Å². The van der Waals surface area contributed by atoms with Crippen molar-refractivity contribution in [1.82, 2.24) is 5.32 Å². The molecule has 0 fully saturated rings. The lowest BCUT2D eigenvalue weighted by Gasteiger charge is -2.33. The molecule has 1 atom stereocenters. The first kappa shape index (κ1) is 24.9. The fraction of sp³-hybridized carbons (Fsp3) is 0.321. The average molecular weight is 504 g/mol. The van der Waals surface area contributed by atoms with Gasteiger partial charge in [-0.2, -0.15) is 5.26 Å². The summed E-state index contributed by atoms with van der Waals surface area (Å²) in [6.07, 6.45) is 2.94. The zero-order valence-electron chi connectivity index (χ0n) is 20.2. The summed E-state index contributed by atoms with van der Waals surface area (Å²) in [6, 6.07) is 19.2. The molecule has 1 unspecified atom stereocenters. The Labute approximate surface area is 216 Å². The number of hydrogen-bond donors (Lipinski definition) is 2. The lowest BCUT2D eigenvalue weighted by atomic mass is 9.72. The number of rotatable bonds is 5. The number of hydrogen-bond acceptors (Lipinski definition) is 5. The number of anilines is 1. The van der Waals surface area contributed by atoms with Crippen LogP contribution in [0, 0.1) is 22.7 Å². The minimum Gasteiger partial charge on any atom is -0.489 e. The smallest absolute Gasteiger partial charge is 0.257 e. The van der Waals surface area contributed by atoms with Gasteiger partial charge < -0.3 is 10.1 Å². The monoisotopic (exact) mass is 503 g/mol. The quantitative estimate of drug-likeness (QED) is 0.390. The SMILES string of the molecule is CC(C)(C)C1CCc2c(sc(NC(=S)NC(=O)c3cccc(OCc4ccccc4)c3)c2C#N)C1. The van der Waals surface area contributed by atoms with Gasteiger partial charge in [-0.1, -0.05) is 57.2 Å². The van der Waals surface area contributed by atoms with Crippen LogP contribution in [0.1, 0.15) is 59.1 Å². The van der Waals surface area contributed by atoms with E-state index in [9.17, 15) is 10.1 Å². The molecule has 180 valence electrons. The number of nitriles is 1. The molecular formula is C28H29N3O2S2. The van der Waals surface area contributed by atoms with Crippen molar-refractivity contribution in [2.45, 2.75) is 46.6 Å². The normalized spacial score (nSPS) is 15.0. The molecule has 0 saturated heterocycles. The summed E-state index contributed by atoms with van der Waals surface area (Å²) in [4.78, 5) is 14.1. The van der Waals surface area contributed by atoms with Gasteiger partial charge in [-0.25, -0.2) is 0 Å². The number of carbonyl (C=O) groups excluding carboxylic acids is 1. The summed E-state index contributed by atoms with van der Waals surface area (Å²) >= 11 is 6.99. The molecule has 1 amide bonds. The maximum atomic E-state index is 12.8. The second kappa shape index (κ2) is 10.6. The molecule has 0 bridgehead atoms. The van der Waals surface area contributed by atoms with Crippen molar-refractivity contribution in [3.05, 3.63) is 81.7 Å². The lowest BCUT2D eigenvalue weighted by Crippen LogP contribution is -2.34. The highest BCUT2D eigenvalue weighted by molar-refractivity contribution is 7.80. The Morgan fingerprint density at radius 3 is 2.69 bits per heavy atom. The Morgan fingerprint density at radius 1 is 1.20 bits per heavy atom. The molecule has 0 aliphatic heterocycles. The van der Waals surface area contributed by atoms with Crippen LogP contribution in [0.15, 0.2) is 54.6 Å². The molecule has 5 nitrogen and oxygen atoms in total. The maximum absolute atomic E-state index is 12.8. The van der Waals surface area contributed by atoms with Crippen molar-refractivity contribution in [3.8, 4) is 11.8 Å². The van der Waals surface area contributed by atoms with Crippen LogP contribution < -0.4 is 15.4 Å². The van der Waals surface area contributed by atoms with Crippen molar-refractivity contribution < 1.29 is 9.53 Å². The highest BCUT2D eigenvalue weighted by Gasteiger charge is 2.32. The summed E-state index contributed by atoms with van der Waals surface area (Å²) in [6.45, 7) is 7.23. The molecule has 1 heterocycles. The zero-order valence-corrected chi connectivity index (χ0v) is 21.8. The van der Waals surface area contributed by atoms with Gasteiger partial charge in [0.1, 0.15) is 23.4 Å². The number of benzene rings is 2. The fourth-order valence-corrected chi connectivity index (χ4v) is 5.85. The van der Waals surface area contributed by atoms with E-state index in [-0.39, 0.29) is 16.4 Å². The van der Waals surface area contributed by atoms with Gasteiger partial charge in [-0.05, 0) is 72.1 Å². The molecule has 1 aliphatic rings. The Hall–Kier alpha value is -3.21. The Kier molecular flexibility index (Phi) is 7.54. The number of carbonyl (C=O) groups is 1. The average Bonchev–Trinajstić information content (AvgIpc) is 3.19. The Bertz CT molecular complexity index is 1270. The van der Waals surface area contributed by atoms with E-state index in [2.05, 4.69) is 37.5 Å². The molecule has 1 aliphatic carbocycles. The number of fused-ring (bicyclic) bond motifs is 1. The highest BCUT2D eigenvalue weighted by Crippen LogP contribution is 2.43. The minimum absolute atomic E-state index is 0.174. The van der Waals surface area contributed by atoms with Crippen LogP contribution >= 0.6 is 23.6 Å². The Morgan fingerprint density at radius 2 is 1.97 bits per heavy atom. The van der Waals surface area contributed by atoms with Crippen LogP contribution in [0.5, 0.6) is 5.75 Å². The van der Waals surface area contributed by atoms with Crippen molar-refractivity contribution >= 4 is 39.6 Å². The first-order chi connectivity index (χ1) is 16.7. The third-order valence-electron chi connectivity index (χ3n) is 6.40. The van der Waals surface area contributed by atoms with Crippen molar-refractivity contribution in [3.63, 3.8) is 0 Å². The molecule has 4 rings (SSSR count). The van der Waals surface area contributed by atoms with Gasteiger partial charge in [0, 0.05) is 10.4 Å². The zero-order chi connectivity index (χ0) is 25.0. The summed E-state index contributed by atoms with van der Waals surface area (Å²) in [7, 11) is 0. The van der Waals surface area contributed by atoms with E-state index in [1.807, 2.05) is 36.4 Å². The molecule has 0 saturated carbocycles. The minimum atomic E-state index is -0.333. The molecule has 2 aromatic carbocycles. The molecule has 3 aromatic rings. The van der Waals surface area contributed by atoms with Crippen LogP contribution in [0.2, 0.25) is 0 Å². The molecule has 1 aromatic heterocycles. The summed E-state index contributed by atoms with van der Waals surface area (Å²) in [5.74, 6) is 0.850. The summed E-state index contributed by atoms with van der Waals surface area (Å²) in [5, 5.41) is 16.5. The van der Waals surface area contributed by atoms with Crippen molar-refractivity contribution in [1.29, 1.82) is 5.26 Å². The van der Waals surface area contributed by atoms with Gasteiger partial charge in [-0.3, -0.25) is 10.1 Å². The van der Waals surface area contributed by atoms with Crippen LogP contribution in [0.4, 0.5) is 5.00 Å². The third-order valence-corrected chi connectivity index (χ3v) is 7.77. The predicted octanol–water partition coefficient (Wildman–Crippen LogP) is 6.48. The third kappa shape index (κ3) is 6.08. The number of thiocarbonyl (C=S) groups is 1. The number of amides is 1. The molecular weight excluding hydrogens is 474 g/mol. The molecule has 35 heavy (non-hydrogen) atoms. The van der Waals surface area contributed by atoms with Crippen LogP contribution in [0.25, 0.3) is 0 Å². The van der Waals surface area contributed by atoms with Crippen LogP contribution in [0.3, 0.4) is 0 Å². The number of thiophene rings is 1. The van der Waals surface area contributed by atoms with E-state index in [1.165, 1.54) is 4.88 Å². The largest absolute Gasteiger partial charge is 0.489 e. The first-order valence-corrected chi connectivity index (χ1v) is 12.9. The number of nitrogens with one attached hydrogen (secondary N) is 2. The second-order valence-electron chi connectivity index (χ2n) is 9.84. The lowest BCUT2D eigenvalue weighted by molar-refractivity contribution is 0.0977. The van der Waals surface area contributed by atoms with Gasteiger partial charge in [0.15, 0.2) is 5.11 Å². The fourth-order valence-electron chi connectivity index (χ4n) is 4.31. The first-order valence-electron chi connectivity index (χ1n) is 11.7. The van der Waals surface area contributed by atoms with Gasteiger partial charge >= 0.3 is 0 Å². The maximum Gasteiger partial charge on any atom is 0.257 e. The molecule has 0 radical (unpaired) electrons. The van der Waals surface area contributed by atoms with E-state index in [1.54, 1.807) is 29.5 Å². The van der Waals surface area contributed by atoms with Gasteiger partial charge in [-0.15, -0.1) is 11.3 Å². The van der Waals surface area contributed by atoms with Crippen molar-refractivity contribution in [2.24, 2.45) is 11.3 Å².